The number of hydrogen-bond acceptors (Lipinski definition) is 4. The molecule has 1 aromatic heterocycles. The van der Waals surface area contributed by atoms with Gasteiger partial charge in [-0.05, 0) is 44.5 Å². The maximum absolute atomic E-state index is 13.4. The second-order valence-corrected chi connectivity index (χ2v) is 11.0. The third-order valence-electron chi connectivity index (χ3n) is 6.82. The summed E-state index contributed by atoms with van der Waals surface area (Å²) < 4.78 is 40.2. The van der Waals surface area contributed by atoms with Crippen LogP contribution in [0.25, 0.3) is 16.2 Å². The third-order valence-corrected chi connectivity index (χ3v) is 7.98. The van der Waals surface area contributed by atoms with E-state index in [1.165, 1.54) is 6.07 Å². The smallest absolute Gasteiger partial charge is 0.337 e. The van der Waals surface area contributed by atoms with Crippen LogP contribution < -0.4 is 5.32 Å². The number of carbonyl (C=O) groups excluding carboxylic acids is 2. The van der Waals surface area contributed by atoms with Crippen LogP contribution in [-0.2, 0) is 6.18 Å². The lowest BCUT2D eigenvalue weighted by Crippen LogP contribution is -2.62. The summed E-state index contributed by atoms with van der Waals surface area (Å²) >= 11 is 1.12. The van der Waals surface area contributed by atoms with E-state index in [0.717, 1.165) is 35.5 Å². The van der Waals surface area contributed by atoms with Crippen LogP contribution in [0.15, 0.2) is 54.1 Å². The van der Waals surface area contributed by atoms with Gasteiger partial charge >= 0.3 is 6.18 Å². The second-order valence-electron chi connectivity index (χ2n) is 9.95. The molecule has 194 valence electrons. The lowest BCUT2D eigenvalue weighted by Gasteiger charge is -2.41. The molecule has 0 saturated carbocycles. The molecule has 5 nitrogen and oxygen atoms in total. The molecular weight excluding hydrogens is 499 g/mol. The Labute approximate surface area is 217 Å². The van der Waals surface area contributed by atoms with Crippen molar-refractivity contribution >= 4 is 39.3 Å². The lowest BCUT2D eigenvalue weighted by atomic mass is 10.0. The summed E-state index contributed by atoms with van der Waals surface area (Å²) in [6.45, 7) is 6.17. The second kappa shape index (κ2) is 9.95. The number of amides is 2. The minimum atomic E-state index is -4.43. The Morgan fingerprint density at radius 2 is 1.68 bits per heavy atom. The molecule has 3 heterocycles. The molecule has 2 aliphatic rings. The zero-order valence-electron chi connectivity index (χ0n) is 20.6. The van der Waals surface area contributed by atoms with Crippen LogP contribution in [0.5, 0.6) is 0 Å². The van der Waals surface area contributed by atoms with E-state index in [1.54, 1.807) is 4.90 Å². The first-order valence-electron chi connectivity index (χ1n) is 12.3. The van der Waals surface area contributed by atoms with E-state index >= 15 is 0 Å². The zero-order chi connectivity index (χ0) is 26.3. The highest BCUT2D eigenvalue weighted by Crippen LogP contribution is 2.38. The summed E-state index contributed by atoms with van der Waals surface area (Å²) in [6, 6.07) is 13.2. The SMILES string of the molecule is CC(C)=Cc1c(C(=O)N2CC(NC3CCN(C(=O)c4ccccc4)C3)C2)sc2cc(C(F)(F)F)ccc12. The molecule has 2 amide bonds. The van der Waals surface area contributed by atoms with Crippen LogP contribution in [0, 0.1) is 0 Å². The fourth-order valence-corrected chi connectivity index (χ4v) is 6.14. The van der Waals surface area contributed by atoms with Gasteiger partial charge in [-0.1, -0.05) is 35.9 Å². The summed E-state index contributed by atoms with van der Waals surface area (Å²) in [5, 5.41) is 4.22. The molecule has 9 heteroatoms. The minimum Gasteiger partial charge on any atom is -0.337 e. The van der Waals surface area contributed by atoms with Crippen molar-refractivity contribution in [2.45, 2.75) is 38.5 Å². The van der Waals surface area contributed by atoms with Gasteiger partial charge in [-0.2, -0.15) is 13.2 Å². The largest absolute Gasteiger partial charge is 0.416 e. The molecule has 3 aromatic rings. The minimum absolute atomic E-state index is 0.0283. The van der Waals surface area contributed by atoms with E-state index in [-0.39, 0.29) is 23.9 Å². The van der Waals surface area contributed by atoms with Gasteiger partial charge in [-0.15, -0.1) is 11.3 Å². The van der Waals surface area contributed by atoms with Gasteiger partial charge in [0, 0.05) is 59.5 Å². The molecule has 37 heavy (non-hydrogen) atoms. The molecule has 1 N–H and O–H groups in total. The van der Waals surface area contributed by atoms with Crippen molar-refractivity contribution in [1.82, 2.24) is 15.1 Å². The first-order valence-corrected chi connectivity index (χ1v) is 13.1. The molecule has 0 bridgehead atoms. The molecule has 2 saturated heterocycles. The fourth-order valence-electron chi connectivity index (χ4n) is 4.95. The van der Waals surface area contributed by atoms with Crippen molar-refractivity contribution in [3.8, 4) is 0 Å². The Balaban J connectivity index is 1.24. The molecule has 1 unspecified atom stereocenters. The van der Waals surface area contributed by atoms with Crippen molar-refractivity contribution in [2.75, 3.05) is 26.2 Å². The quantitative estimate of drug-likeness (QED) is 0.465. The highest BCUT2D eigenvalue weighted by molar-refractivity contribution is 7.21. The number of benzene rings is 2. The number of fused-ring (bicyclic) bond motifs is 1. The van der Waals surface area contributed by atoms with Gasteiger partial charge in [-0.25, -0.2) is 0 Å². The number of thiophene rings is 1. The monoisotopic (exact) mass is 527 g/mol. The normalized spacial score (nSPS) is 18.2. The number of allylic oxidation sites excluding steroid dienone is 1. The number of hydrogen-bond donors (Lipinski definition) is 1. The summed E-state index contributed by atoms with van der Waals surface area (Å²) in [6.07, 6.45) is -1.71. The highest BCUT2D eigenvalue weighted by Gasteiger charge is 2.37. The van der Waals surface area contributed by atoms with Crippen molar-refractivity contribution < 1.29 is 22.8 Å². The Kier molecular flexibility index (Phi) is 6.85. The molecule has 0 radical (unpaired) electrons. The Bertz CT molecular complexity index is 1360. The highest BCUT2D eigenvalue weighted by atomic mass is 32.1. The molecular formula is C28H28F3N3O2S. The average Bonchev–Trinajstić information content (AvgIpc) is 3.44. The Morgan fingerprint density at radius 1 is 0.973 bits per heavy atom. The summed E-state index contributed by atoms with van der Waals surface area (Å²) in [5.41, 5.74) is 1.61. The predicted octanol–water partition coefficient (Wildman–Crippen LogP) is 5.67. The van der Waals surface area contributed by atoms with Crippen molar-refractivity contribution in [3.05, 3.63) is 75.7 Å². The van der Waals surface area contributed by atoms with Gasteiger partial charge < -0.3 is 15.1 Å². The number of halogens is 3. The van der Waals surface area contributed by atoms with Crippen LogP contribution in [0.3, 0.4) is 0 Å². The van der Waals surface area contributed by atoms with Gasteiger partial charge in [0.25, 0.3) is 11.8 Å². The first kappa shape index (κ1) is 25.5. The van der Waals surface area contributed by atoms with E-state index in [9.17, 15) is 22.8 Å². The molecule has 2 aliphatic heterocycles. The van der Waals surface area contributed by atoms with E-state index in [1.807, 2.05) is 55.2 Å². The van der Waals surface area contributed by atoms with Gasteiger partial charge in [0.1, 0.15) is 4.88 Å². The van der Waals surface area contributed by atoms with Gasteiger partial charge in [-0.3, -0.25) is 9.59 Å². The number of rotatable bonds is 5. The van der Waals surface area contributed by atoms with Crippen LogP contribution in [0.1, 0.15) is 51.4 Å². The number of nitrogens with zero attached hydrogens (tertiary/aromatic N) is 2. The average molecular weight is 528 g/mol. The third kappa shape index (κ3) is 5.29. The lowest BCUT2D eigenvalue weighted by molar-refractivity contribution is -0.137. The van der Waals surface area contributed by atoms with Crippen LogP contribution in [0.2, 0.25) is 0 Å². The molecule has 0 aliphatic carbocycles. The molecule has 0 spiro atoms. The zero-order valence-corrected chi connectivity index (χ0v) is 21.5. The van der Waals surface area contributed by atoms with Gasteiger partial charge in [0.05, 0.1) is 5.56 Å². The van der Waals surface area contributed by atoms with Crippen molar-refractivity contribution in [3.63, 3.8) is 0 Å². The first-order chi connectivity index (χ1) is 17.6. The van der Waals surface area contributed by atoms with E-state index < -0.39 is 11.7 Å². The molecule has 2 aromatic carbocycles. The number of likely N-dealkylation sites (tertiary alicyclic amines) is 2. The van der Waals surface area contributed by atoms with E-state index in [0.29, 0.717) is 52.3 Å². The van der Waals surface area contributed by atoms with Crippen LogP contribution in [0.4, 0.5) is 13.2 Å². The van der Waals surface area contributed by atoms with E-state index in [2.05, 4.69) is 5.32 Å². The maximum Gasteiger partial charge on any atom is 0.416 e. The Hall–Kier alpha value is -3.17. The Morgan fingerprint density at radius 3 is 2.35 bits per heavy atom. The summed E-state index contributed by atoms with van der Waals surface area (Å²) in [4.78, 5) is 30.1. The summed E-state index contributed by atoms with van der Waals surface area (Å²) in [7, 11) is 0. The van der Waals surface area contributed by atoms with Crippen LogP contribution in [-0.4, -0.2) is 59.9 Å². The molecule has 1 atom stereocenters. The predicted molar refractivity (Wildman–Crippen MR) is 140 cm³/mol. The summed E-state index contributed by atoms with van der Waals surface area (Å²) in [5.74, 6) is -0.131. The number of nitrogens with one attached hydrogen (secondary N) is 1. The number of carbonyl (C=O) groups is 2. The fraction of sp³-hybridized carbons (Fsp3) is 0.357. The number of alkyl halides is 3. The van der Waals surface area contributed by atoms with Crippen LogP contribution >= 0.6 is 11.3 Å². The molecule has 2 fully saturated rings. The van der Waals surface area contributed by atoms with Crippen molar-refractivity contribution in [2.24, 2.45) is 0 Å². The van der Waals surface area contributed by atoms with Gasteiger partial charge in [0.15, 0.2) is 0 Å². The standard InChI is InChI=1S/C28H28F3N3O2S/c1-17(2)12-23-22-9-8-19(28(29,30)31)13-24(22)37-25(23)27(36)34-15-21(16-34)32-20-10-11-33(14-20)26(35)18-6-4-3-5-7-18/h3-9,12-13,20-21,32H,10-11,14-16H2,1-2H3. The topological polar surface area (TPSA) is 52.7 Å². The van der Waals surface area contributed by atoms with Gasteiger partial charge in [0.2, 0.25) is 0 Å². The molecule has 5 rings (SSSR count). The maximum atomic E-state index is 13.4. The van der Waals surface area contributed by atoms with Crippen molar-refractivity contribution in [1.29, 1.82) is 0 Å². The van der Waals surface area contributed by atoms with E-state index in [4.69, 9.17) is 0 Å².